The van der Waals surface area contributed by atoms with E-state index in [1.165, 1.54) is 13.8 Å². The Hall–Kier alpha value is -7.63. The molecule has 0 aliphatic heterocycles. The first-order valence-electron chi connectivity index (χ1n) is 25.0. The molecule has 21 nitrogen and oxygen atoms in total. The maximum Gasteiger partial charge on any atom is 0.524 e. The number of aromatic carboxylic acids is 2. The summed E-state index contributed by atoms with van der Waals surface area (Å²) in [6, 6.07) is 5.47. The van der Waals surface area contributed by atoms with E-state index in [4.69, 9.17) is 11.6 Å². The number of alkyl halides is 8. The van der Waals surface area contributed by atoms with Gasteiger partial charge in [-0.3, -0.25) is 28.7 Å². The summed E-state index contributed by atoms with van der Waals surface area (Å²) in [5.41, 5.74) is -11.7. The second-order valence-electron chi connectivity index (χ2n) is 21.5. The Morgan fingerprint density at radius 1 is 0.931 bits per heavy atom. The molecule has 0 unspecified atom stereocenters. The number of nitrogens with zero attached hydrogens (tertiary/aromatic N) is 6. The van der Waals surface area contributed by atoms with Crippen molar-refractivity contribution in [2.24, 2.45) is 5.92 Å². The zero-order valence-corrected chi connectivity index (χ0v) is 48.5. The molecular weight excluding hydrogens is 1270 g/mol. The van der Waals surface area contributed by atoms with Crippen molar-refractivity contribution < 1.29 is 109 Å². The molecule has 6 aromatic rings. The van der Waals surface area contributed by atoms with E-state index < -0.39 is 215 Å². The van der Waals surface area contributed by atoms with Crippen LogP contribution >= 0.6 is 19.4 Å². The number of thiol groups is 1. The number of halogens is 11. The van der Waals surface area contributed by atoms with Crippen LogP contribution in [0.2, 0.25) is 5.02 Å². The zero-order chi connectivity index (χ0) is 64.8. The summed E-state index contributed by atoms with van der Waals surface area (Å²) in [7, 11) is -13.8. The average molecular weight is 1310 g/mol. The smallest absolute Gasteiger partial charge is 0.478 e. The lowest BCUT2D eigenvalue weighted by Gasteiger charge is -2.30. The molecule has 0 saturated heterocycles. The Morgan fingerprint density at radius 3 is 2.13 bits per heavy atom. The maximum atomic E-state index is 15.7. The largest absolute Gasteiger partial charge is 0.524 e. The number of fused-ring (bicyclic) bond motifs is 4. The van der Waals surface area contributed by atoms with Crippen molar-refractivity contribution in [1.29, 1.82) is 0 Å². The number of amides is 2. The van der Waals surface area contributed by atoms with Crippen molar-refractivity contribution in [2.75, 3.05) is 6.26 Å². The molecule has 5 N–H and O–H groups in total. The van der Waals surface area contributed by atoms with Crippen molar-refractivity contribution in [3.63, 3.8) is 0 Å². The number of hydrogen-bond acceptors (Lipinski definition) is 13. The van der Waals surface area contributed by atoms with Crippen LogP contribution in [0.5, 0.6) is 5.75 Å². The molecule has 0 radical (unpaired) electrons. The van der Waals surface area contributed by atoms with Gasteiger partial charge in [0, 0.05) is 57.7 Å². The number of aromatic nitrogens is 5. The molecule has 2 aliphatic rings. The number of carboxylic acids is 2. The predicted molar refractivity (Wildman–Crippen MR) is 284 cm³/mol. The van der Waals surface area contributed by atoms with Gasteiger partial charge in [0.25, 0.3) is 5.92 Å². The van der Waals surface area contributed by atoms with Crippen molar-refractivity contribution in [3.05, 3.63) is 128 Å². The van der Waals surface area contributed by atoms with Gasteiger partial charge in [0.1, 0.15) is 46.6 Å². The third-order valence-electron chi connectivity index (χ3n) is 14.3. The minimum atomic E-state index is -5.66. The molecule has 3 heterocycles. The van der Waals surface area contributed by atoms with E-state index in [-0.39, 0.29) is 36.9 Å². The molecule has 466 valence electrons. The quantitative estimate of drug-likeness (QED) is 0.0192. The van der Waals surface area contributed by atoms with Crippen LogP contribution in [0.25, 0.3) is 22.0 Å². The van der Waals surface area contributed by atoms with Gasteiger partial charge in [-0.05, 0) is 86.6 Å². The topological polar surface area (TPSA) is 308 Å². The first-order valence-corrected chi connectivity index (χ1v) is 30.0. The van der Waals surface area contributed by atoms with Gasteiger partial charge in [-0.15, -0.1) is 0 Å². The highest BCUT2D eigenvalue weighted by molar-refractivity contribution is 7.92. The fourth-order valence-electron chi connectivity index (χ4n) is 10.2. The minimum Gasteiger partial charge on any atom is -0.478 e. The van der Waals surface area contributed by atoms with Crippen LogP contribution in [0.15, 0.2) is 54.6 Å². The van der Waals surface area contributed by atoms with Gasteiger partial charge in [0.05, 0.1) is 45.6 Å². The summed E-state index contributed by atoms with van der Waals surface area (Å²) in [6.07, 6.45) is -11.9. The lowest BCUT2D eigenvalue weighted by molar-refractivity contribution is -0.143. The first-order chi connectivity index (χ1) is 39.9. The number of carbonyl (C=O) groups is 4. The average Bonchev–Trinajstić information content (AvgIpc) is 1.52. The number of phosphoric ester groups is 1. The van der Waals surface area contributed by atoms with Gasteiger partial charge in [-0.25, -0.2) is 49.1 Å². The van der Waals surface area contributed by atoms with Crippen molar-refractivity contribution >= 4 is 74.8 Å². The molecule has 0 spiro atoms. The Kier molecular flexibility index (Phi) is 17.1. The lowest BCUT2D eigenvalue weighted by Crippen LogP contribution is -2.35. The number of nitrogens with one attached hydrogen (secondary N) is 1. The fraction of sp³-hybridized carbons (Fsp3) is 0.365. The van der Waals surface area contributed by atoms with Crippen LogP contribution < -0.4 is 9.84 Å². The highest BCUT2D eigenvalue weighted by atomic mass is 35.5. The van der Waals surface area contributed by atoms with E-state index in [2.05, 4.69) is 36.9 Å². The number of carboxylic acid groups (broad SMARTS) is 2. The summed E-state index contributed by atoms with van der Waals surface area (Å²) < 4.78 is 216. The number of benzene rings is 3. The van der Waals surface area contributed by atoms with Crippen molar-refractivity contribution in [2.45, 2.75) is 107 Å². The SMILES string of the molecule is CC(C)(CC(=O)N(Cc1nn(CC(F)(F)F)c2c(-c3ccc(C#CC(C)(C)S(C)(=O)=O)nc3[C@H](Cc3cc(F)cc(F)c3)NC(=O)Cn3nc(C(F)(F)F)c4c3C(F)(F)[C@@H]3C[C@H]43)ccc(Cl)c12)[SH](=O)=O)c1c(OP(=O)(O)O)cc(C(=O)O)cc1C(=O)O. The van der Waals surface area contributed by atoms with Crippen LogP contribution in [0.1, 0.15) is 118 Å². The van der Waals surface area contributed by atoms with E-state index in [1.54, 1.807) is 0 Å². The molecule has 1 saturated carbocycles. The molecule has 2 amide bonds. The van der Waals surface area contributed by atoms with Gasteiger partial charge >= 0.3 is 32.1 Å². The van der Waals surface area contributed by atoms with Crippen LogP contribution in [0, 0.1) is 29.4 Å². The van der Waals surface area contributed by atoms with Gasteiger partial charge in [0.2, 0.25) is 22.7 Å². The van der Waals surface area contributed by atoms with Crippen molar-refractivity contribution in [3.8, 4) is 28.7 Å². The number of phosphoric acid groups is 1. The summed E-state index contributed by atoms with van der Waals surface area (Å²) >= 11 is 6.71. The first kappa shape index (κ1) is 65.3. The van der Waals surface area contributed by atoms with E-state index in [0.717, 1.165) is 56.5 Å². The molecule has 3 aromatic heterocycles. The standard InChI is InChI=1S/C52H45ClF10N7O14PS2/c1-48(2,41-31(47(75)76)15-24(46(73)74)16-36(41)84-85(77,78)79)19-38(72)70(86(80)81)20-35-40-33(53)9-8-29(43(40)69(66-35)22-50(56,57)58)28-7-6-27(10-11-49(3,4)87(5,82)83)64-42(28)34(14-23-12-25(54)17-26(55)13-23)65-37(71)21-68-45-39(44(67-68)52(61,62)63)30-18-32(30)51(45,59)60/h6-9,12-13,15-17,30,32,34,86H,14,18-22H2,1-5H3,(H,65,71)(H,73,74)(H,75,76)(H2,77,78,79)/t30-,32+,34-/m0/s1. The van der Waals surface area contributed by atoms with Gasteiger partial charge in [0.15, 0.2) is 15.5 Å². The van der Waals surface area contributed by atoms with E-state index in [0.29, 0.717) is 18.2 Å². The lowest BCUT2D eigenvalue weighted by atomic mass is 9.77. The minimum absolute atomic E-state index is 0.0308. The zero-order valence-electron chi connectivity index (χ0n) is 45.2. The number of hydrogen-bond donors (Lipinski definition) is 6. The molecule has 3 aromatic carbocycles. The monoisotopic (exact) mass is 1310 g/mol. The highest BCUT2D eigenvalue weighted by Gasteiger charge is 2.68. The Labute approximate surface area is 491 Å². The number of pyridine rings is 1. The number of rotatable bonds is 19. The Morgan fingerprint density at radius 2 is 1.56 bits per heavy atom. The summed E-state index contributed by atoms with van der Waals surface area (Å²) in [5, 5.41) is 28.5. The van der Waals surface area contributed by atoms with E-state index in [9.17, 15) is 95.7 Å². The number of carbonyl (C=O) groups excluding carboxylic acids is 2. The van der Waals surface area contributed by atoms with Gasteiger partial charge in [-0.1, -0.05) is 37.4 Å². The molecular formula is C52H45ClF10N7O14PS2. The molecule has 87 heavy (non-hydrogen) atoms. The highest BCUT2D eigenvalue weighted by Crippen LogP contribution is 2.68. The van der Waals surface area contributed by atoms with Crippen LogP contribution in [-0.4, -0.2) is 107 Å². The molecule has 0 bridgehead atoms. The Bertz CT molecular complexity index is 4180. The van der Waals surface area contributed by atoms with Gasteiger partial charge < -0.3 is 20.1 Å². The molecule has 1 fully saturated rings. The molecule has 2 aliphatic carbocycles. The molecule has 8 rings (SSSR count). The normalized spacial score (nSPS) is 16.2. The van der Waals surface area contributed by atoms with Gasteiger partial charge in [-0.2, -0.15) is 45.3 Å². The van der Waals surface area contributed by atoms with E-state index in [1.807, 2.05) is 0 Å². The predicted octanol–water partition coefficient (Wildman–Crippen LogP) is 8.38. The van der Waals surface area contributed by atoms with E-state index >= 15 is 8.78 Å². The third-order valence-corrected chi connectivity index (χ3v) is 17.7. The summed E-state index contributed by atoms with van der Waals surface area (Å²) in [4.78, 5) is 76.9. The summed E-state index contributed by atoms with van der Waals surface area (Å²) in [5.74, 6) is -11.7. The third kappa shape index (κ3) is 13.7. The van der Waals surface area contributed by atoms with Crippen LogP contribution in [-0.2, 0) is 78.5 Å². The second kappa shape index (κ2) is 22.8. The fourth-order valence-corrected chi connectivity index (χ4v) is 11.6. The summed E-state index contributed by atoms with van der Waals surface area (Å²) in [6.45, 7) is -0.166. The second-order valence-corrected chi connectivity index (χ2v) is 26.6. The molecule has 35 heteroatoms. The molecule has 3 atom stereocenters. The van der Waals surface area contributed by atoms with Crippen molar-refractivity contribution in [1.82, 2.24) is 34.2 Å². The Balaban J connectivity index is 1.30. The number of sulfone groups is 1. The van der Waals surface area contributed by atoms with Crippen LogP contribution in [0.3, 0.4) is 0 Å². The van der Waals surface area contributed by atoms with Crippen LogP contribution in [0.4, 0.5) is 43.9 Å². The maximum absolute atomic E-state index is 15.7.